The highest BCUT2D eigenvalue weighted by molar-refractivity contribution is 9.10. The van der Waals surface area contributed by atoms with Crippen LogP contribution in [0.5, 0.6) is 0 Å². The Morgan fingerprint density at radius 1 is 1.37 bits per heavy atom. The van der Waals surface area contributed by atoms with Crippen molar-refractivity contribution >= 4 is 21.7 Å². The van der Waals surface area contributed by atoms with Crippen LogP contribution < -0.4 is 4.90 Å². The van der Waals surface area contributed by atoms with Crippen molar-refractivity contribution in [1.29, 1.82) is 0 Å². The smallest absolute Gasteiger partial charge is 0.133 e. The largest absolute Gasteiger partial charge is 0.383 e. The quantitative estimate of drug-likeness (QED) is 0.685. The highest BCUT2D eigenvalue weighted by Crippen LogP contribution is 2.20. The summed E-state index contributed by atoms with van der Waals surface area (Å²) >= 11 is 3.48. The molecule has 1 rings (SSSR count). The van der Waals surface area contributed by atoms with Gasteiger partial charge in [0.15, 0.2) is 0 Å². The number of anilines is 1. The number of nitrogens with zero attached hydrogens (tertiary/aromatic N) is 3. The molecular weight excluding hydrogens is 306 g/mol. The molecule has 0 aliphatic rings. The zero-order chi connectivity index (χ0) is 14.3. The summed E-state index contributed by atoms with van der Waals surface area (Å²) in [5, 5.41) is 0. The second-order valence-corrected chi connectivity index (χ2v) is 5.47. The minimum atomic E-state index is 0.437. The predicted octanol–water partition coefficient (Wildman–Crippen LogP) is 3.44. The standard InChI is InChI=1S/C14H24BrN3O/c1-5-7-13-16-12(15)10-14(17-13)18(8-9-19-4)11(3)6-2/h10-11H,5-9H2,1-4H3. The zero-order valence-electron chi connectivity index (χ0n) is 12.3. The average molecular weight is 330 g/mol. The molecular formula is C14H24BrN3O. The average Bonchev–Trinajstić information content (AvgIpc) is 2.38. The maximum Gasteiger partial charge on any atom is 0.133 e. The van der Waals surface area contributed by atoms with E-state index in [9.17, 15) is 0 Å². The molecule has 0 N–H and O–H groups in total. The molecule has 1 heterocycles. The van der Waals surface area contributed by atoms with Crippen LogP contribution in [0, 0.1) is 0 Å². The van der Waals surface area contributed by atoms with E-state index in [1.54, 1.807) is 7.11 Å². The molecule has 0 fully saturated rings. The minimum absolute atomic E-state index is 0.437. The van der Waals surface area contributed by atoms with E-state index in [4.69, 9.17) is 4.74 Å². The molecule has 0 amide bonds. The molecule has 0 radical (unpaired) electrons. The maximum atomic E-state index is 5.20. The monoisotopic (exact) mass is 329 g/mol. The SMILES string of the molecule is CCCc1nc(Br)cc(N(CCOC)C(C)CC)n1. The van der Waals surface area contributed by atoms with Crippen LogP contribution in [0.4, 0.5) is 5.82 Å². The summed E-state index contributed by atoms with van der Waals surface area (Å²) < 4.78 is 6.05. The molecule has 108 valence electrons. The summed E-state index contributed by atoms with van der Waals surface area (Å²) in [6.07, 6.45) is 3.04. The number of methoxy groups -OCH3 is 1. The van der Waals surface area contributed by atoms with E-state index in [0.29, 0.717) is 12.6 Å². The minimum Gasteiger partial charge on any atom is -0.383 e. The lowest BCUT2D eigenvalue weighted by molar-refractivity contribution is 0.203. The van der Waals surface area contributed by atoms with Gasteiger partial charge < -0.3 is 9.64 Å². The van der Waals surface area contributed by atoms with Crippen molar-refractivity contribution in [2.45, 2.75) is 46.1 Å². The Morgan fingerprint density at radius 2 is 2.11 bits per heavy atom. The summed E-state index contributed by atoms with van der Waals surface area (Å²) in [5.41, 5.74) is 0. The molecule has 1 aromatic heterocycles. The van der Waals surface area contributed by atoms with Crippen molar-refractivity contribution in [1.82, 2.24) is 9.97 Å². The summed E-state index contributed by atoms with van der Waals surface area (Å²) in [6, 6.07) is 2.42. The Labute approximate surface area is 124 Å². The second-order valence-electron chi connectivity index (χ2n) is 4.66. The van der Waals surface area contributed by atoms with Gasteiger partial charge in [-0.25, -0.2) is 9.97 Å². The van der Waals surface area contributed by atoms with E-state index in [1.165, 1.54) is 0 Å². The van der Waals surface area contributed by atoms with E-state index in [0.717, 1.165) is 42.1 Å². The lowest BCUT2D eigenvalue weighted by Crippen LogP contribution is -2.36. The van der Waals surface area contributed by atoms with Crippen molar-refractivity contribution in [3.05, 3.63) is 16.5 Å². The van der Waals surface area contributed by atoms with Gasteiger partial charge in [0.05, 0.1) is 6.61 Å². The number of hydrogen-bond acceptors (Lipinski definition) is 4. The molecule has 0 aromatic carbocycles. The third-order valence-corrected chi connectivity index (χ3v) is 3.56. The van der Waals surface area contributed by atoms with Crippen LogP contribution >= 0.6 is 15.9 Å². The number of rotatable bonds is 8. The third-order valence-electron chi connectivity index (χ3n) is 3.15. The van der Waals surface area contributed by atoms with Crippen LogP contribution in [-0.4, -0.2) is 36.3 Å². The summed E-state index contributed by atoms with van der Waals surface area (Å²) in [7, 11) is 1.73. The van der Waals surface area contributed by atoms with E-state index in [-0.39, 0.29) is 0 Å². The van der Waals surface area contributed by atoms with Gasteiger partial charge in [0.2, 0.25) is 0 Å². The van der Waals surface area contributed by atoms with Crippen molar-refractivity contribution in [3.8, 4) is 0 Å². The van der Waals surface area contributed by atoms with Crippen LogP contribution in [0.1, 0.15) is 39.4 Å². The van der Waals surface area contributed by atoms with E-state index < -0.39 is 0 Å². The first-order valence-corrected chi connectivity index (χ1v) is 7.70. The predicted molar refractivity (Wildman–Crippen MR) is 82.7 cm³/mol. The summed E-state index contributed by atoms with van der Waals surface area (Å²) in [4.78, 5) is 11.4. The van der Waals surface area contributed by atoms with Crippen LogP contribution in [0.15, 0.2) is 10.7 Å². The van der Waals surface area contributed by atoms with Crippen molar-refractivity contribution in [2.24, 2.45) is 0 Å². The lowest BCUT2D eigenvalue weighted by Gasteiger charge is -2.29. The van der Waals surface area contributed by atoms with Crippen LogP contribution in [0.3, 0.4) is 0 Å². The van der Waals surface area contributed by atoms with Gasteiger partial charge in [-0.1, -0.05) is 13.8 Å². The Morgan fingerprint density at radius 3 is 2.68 bits per heavy atom. The Balaban J connectivity index is 2.99. The fourth-order valence-corrected chi connectivity index (χ4v) is 2.31. The molecule has 0 saturated carbocycles. The van der Waals surface area contributed by atoms with Gasteiger partial charge >= 0.3 is 0 Å². The van der Waals surface area contributed by atoms with Gasteiger partial charge in [0.1, 0.15) is 16.2 Å². The highest BCUT2D eigenvalue weighted by atomic mass is 79.9. The number of halogens is 1. The number of ether oxygens (including phenoxy) is 1. The van der Waals surface area contributed by atoms with Gasteiger partial charge in [0.25, 0.3) is 0 Å². The summed E-state index contributed by atoms with van der Waals surface area (Å²) in [5.74, 6) is 1.88. The fraction of sp³-hybridized carbons (Fsp3) is 0.714. The van der Waals surface area contributed by atoms with Gasteiger partial charge in [-0.15, -0.1) is 0 Å². The van der Waals surface area contributed by atoms with Crippen LogP contribution in [0.25, 0.3) is 0 Å². The molecule has 1 unspecified atom stereocenters. The molecule has 19 heavy (non-hydrogen) atoms. The number of aryl methyl sites for hydroxylation is 1. The fourth-order valence-electron chi connectivity index (χ4n) is 1.90. The number of aromatic nitrogens is 2. The molecule has 0 aliphatic heterocycles. The van der Waals surface area contributed by atoms with Crippen molar-refractivity contribution < 1.29 is 4.74 Å². The maximum absolute atomic E-state index is 5.20. The first-order chi connectivity index (χ1) is 9.12. The number of hydrogen-bond donors (Lipinski definition) is 0. The topological polar surface area (TPSA) is 38.2 Å². The van der Waals surface area contributed by atoms with Crippen LogP contribution in [0.2, 0.25) is 0 Å². The molecule has 4 nitrogen and oxygen atoms in total. The molecule has 0 saturated heterocycles. The molecule has 1 atom stereocenters. The third kappa shape index (κ3) is 5.07. The highest BCUT2D eigenvalue weighted by Gasteiger charge is 2.15. The van der Waals surface area contributed by atoms with Crippen molar-refractivity contribution in [3.63, 3.8) is 0 Å². The molecule has 0 spiro atoms. The molecule has 1 aromatic rings. The van der Waals surface area contributed by atoms with Crippen LogP contribution in [-0.2, 0) is 11.2 Å². The normalized spacial score (nSPS) is 12.5. The van der Waals surface area contributed by atoms with E-state index in [2.05, 4.69) is 51.6 Å². The van der Waals surface area contributed by atoms with E-state index in [1.807, 2.05) is 6.07 Å². The van der Waals surface area contributed by atoms with Gasteiger partial charge in [0, 0.05) is 32.2 Å². The second kappa shape index (κ2) is 8.48. The molecule has 0 aliphatic carbocycles. The Kier molecular flexibility index (Phi) is 7.31. The Bertz CT molecular complexity index is 387. The zero-order valence-corrected chi connectivity index (χ0v) is 13.9. The van der Waals surface area contributed by atoms with Gasteiger partial charge in [-0.2, -0.15) is 0 Å². The Hall–Kier alpha value is -0.680. The van der Waals surface area contributed by atoms with E-state index >= 15 is 0 Å². The van der Waals surface area contributed by atoms with Crippen molar-refractivity contribution in [2.75, 3.05) is 25.2 Å². The first kappa shape index (κ1) is 16.4. The van der Waals surface area contributed by atoms with Gasteiger partial charge in [-0.3, -0.25) is 0 Å². The first-order valence-electron chi connectivity index (χ1n) is 6.91. The molecule has 0 bridgehead atoms. The molecule has 5 heteroatoms. The summed E-state index contributed by atoms with van der Waals surface area (Å²) in [6.45, 7) is 8.09. The van der Waals surface area contributed by atoms with Gasteiger partial charge in [-0.05, 0) is 35.7 Å². The lowest BCUT2D eigenvalue weighted by atomic mass is 10.2.